The molecular weight excluding hydrogens is 232 g/mol. The van der Waals surface area contributed by atoms with E-state index in [9.17, 15) is 5.11 Å². The summed E-state index contributed by atoms with van der Waals surface area (Å²) in [6.07, 6.45) is 4.92. The first kappa shape index (κ1) is 13.7. The van der Waals surface area contributed by atoms with Crippen LogP contribution in [0.3, 0.4) is 0 Å². The molecule has 4 unspecified atom stereocenters. The van der Waals surface area contributed by atoms with Crippen LogP contribution in [0, 0.1) is 11.8 Å². The van der Waals surface area contributed by atoms with E-state index in [2.05, 4.69) is 12.2 Å². The van der Waals surface area contributed by atoms with Gasteiger partial charge in [-0.05, 0) is 30.4 Å². The van der Waals surface area contributed by atoms with Gasteiger partial charge in [-0.25, -0.2) is 0 Å². The number of hydrogen-bond acceptors (Lipinski definition) is 4. The second-order valence-electron chi connectivity index (χ2n) is 5.75. The number of nitrogens with one attached hydrogen (secondary N) is 1. The van der Waals surface area contributed by atoms with E-state index in [1.165, 1.54) is 25.0 Å². The Labute approximate surface area is 109 Å². The quantitative estimate of drug-likeness (QED) is 0.709. The molecule has 0 spiro atoms. The van der Waals surface area contributed by atoms with E-state index in [1.54, 1.807) is 0 Å². The first-order valence-electron chi connectivity index (χ1n) is 6.88. The van der Waals surface area contributed by atoms with E-state index in [0.717, 1.165) is 18.7 Å². The topological polar surface area (TPSA) is 58.3 Å². The Morgan fingerprint density at radius 1 is 1.41 bits per heavy atom. The van der Waals surface area contributed by atoms with Crippen LogP contribution < -0.4 is 11.1 Å². The van der Waals surface area contributed by atoms with Crippen molar-refractivity contribution in [1.29, 1.82) is 0 Å². The summed E-state index contributed by atoms with van der Waals surface area (Å²) in [6.45, 7) is 3.34. The lowest BCUT2D eigenvalue weighted by molar-refractivity contribution is 0.122. The molecule has 0 aromatic rings. The van der Waals surface area contributed by atoms with Crippen molar-refractivity contribution < 1.29 is 5.11 Å². The van der Waals surface area contributed by atoms with Crippen LogP contribution in [-0.2, 0) is 0 Å². The molecule has 100 valence electrons. The molecule has 2 fully saturated rings. The second kappa shape index (κ2) is 5.91. The van der Waals surface area contributed by atoms with Crippen molar-refractivity contribution in [1.82, 2.24) is 5.32 Å². The summed E-state index contributed by atoms with van der Waals surface area (Å²) in [4.78, 5) is 0. The summed E-state index contributed by atoms with van der Waals surface area (Å²) in [5.41, 5.74) is 6.14. The van der Waals surface area contributed by atoms with E-state index in [1.807, 2.05) is 11.8 Å². The SMILES string of the molecule is CC1CSCC1(CN)NC1CCCCC1CO. The van der Waals surface area contributed by atoms with Gasteiger partial charge in [-0.2, -0.15) is 11.8 Å². The number of aliphatic hydroxyl groups is 1. The molecule has 0 amide bonds. The maximum atomic E-state index is 9.48. The van der Waals surface area contributed by atoms with Gasteiger partial charge in [-0.1, -0.05) is 19.8 Å². The van der Waals surface area contributed by atoms with E-state index < -0.39 is 0 Å². The van der Waals surface area contributed by atoms with Gasteiger partial charge in [0.1, 0.15) is 0 Å². The van der Waals surface area contributed by atoms with E-state index >= 15 is 0 Å². The molecule has 3 nitrogen and oxygen atoms in total. The summed E-state index contributed by atoms with van der Waals surface area (Å²) in [5.74, 6) is 3.41. The summed E-state index contributed by atoms with van der Waals surface area (Å²) >= 11 is 2.01. The zero-order chi connectivity index (χ0) is 12.3. The largest absolute Gasteiger partial charge is 0.396 e. The minimum absolute atomic E-state index is 0.111. The smallest absolute Gasteiger partial charge is 0.0474 e. The first-order chi connectivity index (χ1) is 8.22. The number of hydrogen-bond donors (Lipinski definition) is 3. The zero-order valence-electron chi connectivity index (χ0n) is 10.8. The normalized spacial score (nSPS) is 42.9. The molecule has 1 aliphatic carbocycles. The molecule has 2 aliphatic rings. The van der Waals surface area contributed by atoms with Crippen molar-refractivity contribution in [3.05, 3.63) is 0 Å². The Morgan fingerprint density at radius 2 is 2.18 bits per heavy atom. The second-order valence-corrected chi connectivity index (χ2v) is 6.78. The van der Waals surface area contributed by atoms with Crippen molar-refractivity contribution in [2.75, 3.05) is 24.7 Å². The van der Waals surface area contributed by atoms with Crippen LogP contribution in [0.4, 0.5) is 0 Å². The molecule has 1 saturated heterocycles. The lowest BCUT2D eigenvalue weighted by Gasteiger charge is -2.41. The maximum absolute atomic E-state index is 9.48. The number of thioether (sulfide) groups is 1. The molecule has 0 radical (unpaired) electrons. The van der Waals surface area contributed by atoms with Crippen LogP contribution in [0.5, 0.6) is 0 Å². The fourth-order valence-electron chi connectivity index (χ4n) is 3.21. The van der Waals surface area contributed by atoms with Gasteiger partial charge in [-0.15, -0.1) is 0 Å². The summed E-state index contributed by atoms with van der Waals surface area (Å²) in [7, 11) is 0. The van der Waals surface area contributed by atoms with E-state index in [0.29, 0.717) is 24.5 Å². The predicted molar refractivity (Wildman–Crippen MR) is 74.2 cm³/mol. The van der Waals surface area contributed by atoms with Gasteiger partial charge in [0.25, 0.3) is 0 Å². The molecule has 0 bridgehead atoms. The van der Waals surface area contributed by atoms with Crippen molar-refractivity contribution in [3.8, 4) is 0 Å². The third-order valence-corrected chi connectivity index (χ3v) is 6.11. The van der Waals surface area contributed by atoms with Gasteiger partial charge >= 0.3 is 0 Å². The third kappa shape index (κ3) is 2.80. The summed E-state index contributed by atoms with van der Waals surface area (Å²) in [5, 5.41) is 13.3. The highest BCUT2D eigenvalue weighted by Gasteiger charge is 2.42. The molecule has 4 N–H and O–H groups in total. The molecule has 0 aromatic carbocycles. The van der Waals surface area contributed by atoms with Crippen LogP contribution in [0.2, 0.25) is 0 Å². The first-order valence-corrected chi connectivity index (χ1v) is 8.03. The van der Waals surface area contributed by atoms with Crippen LogP contribution >= 0.6 is 11.8 Å². The van der Waals surface area contributed by atoms with Crippen LogP contribution in [0.25, 0.3) is 0 Å². The molecule has 4 atom stereocenters. The van der Waals surface area contributed by atoms with Crippen molar-refractivity contribution >= 4 is 11.8 Å². The van der Waals surface area contributed by atoms with Crippen molar-refractivity contribution in [2.45, 2.75) is 44.2 Å². The summed E-state index contributed by atoms with van der Waals surface area (Å²) < 4.78 is 0. The lowest BCUT2D eigenvalue weighted by atomic mass is 9.81. The lowest BCUT2D eigenvalue weighted by Crippen LogP contribution is -2.61. The van der Waals surface area contributed by atoms with Gasteiger partial charge in [-0.3, -0.25) is 0 Å². The Hall–Kier alpha value is 0.230. The highest BCUT2D eigenvalue weighted by Crippen LogP contribution is 2.35. The Kier molecular flexibility index (Phi) is 4.75. The fraction of sp³-hybridized carbons (Fsp3) is 1.00. The maximum Gasteiger partial charge on any atom is 0.0474 e. The molecule has 1 aliphatic heterocycles. The van der Waals surface area contributed by atoms with Gasteiger partial charge in [0.2, 0.25) is 0 Å². The molecule has 4 heteroatoms. The van der Waals surface area contributed by atoms with Gasteiger partial charge in [0, 0.05) is 30.5 Å². The highest BCUT2D eigenvalue weighted by molar-refractivity contribution is 7.99. The molecule has 2 rings (SSSR count). The minimum atomic E-state index is 0.111. The van der Waals surface area contributed by atoms with E-state index in [-0.39, 0.29) is 5.54 Å². The Bertz CT molecular complexity index is 252. The third-order valence-electron chi connectivity index (χ3n) is 4.65. The average molecular weight is 258 g/mol. The standard InChI is InChI=1S/C13H26N2OS/c1-10-7-17-9-13(10,8-14)15-12-5-3-2-4-11(12)6-16/h10-12,15-16H,2-9,14H2,1H3. The van der Waals surface area contributed by atoms with E-state index in [4.69, 9.17) is 5.73 Å². The monoisotopic (exact) mass is 258 g/mol. The summed E-state index contributed by atoms with van der Waals surface area (Å²) in [6, 6.07) is 0.471. The van der Waals surface area contributed by atoms with Crippen LogP contribution in [0.1, 0.15) is 32.6 Å². The Morgan fingerprint density at radius 3 is 2.76 bits per heavy atom. The van der Waals surface area contributed by atoms with Crippen LogP contribution in [0.15, 0.2) is 0 Å². The molecule has 17 heavy (non-hydrogen) atoms. The molecular formula is C13H26N2OS. The molecule has 1 saturated carbocycles. The number of nitrogens with two attached hydrogens (primary N) is 1. The van der Waals surface area contributed by atoms with Crippen molar-refractivity contribution in [3.63, 3.8) is 0 Å². The van der Waals surface area contributed by atoms with Gasteiger partial charge in [0.15, 0.2) is 0 Å². The predicted octanol–water partition coefficient (Wildman–Crippen LogP) is 1.21. The number of aliphatic hydroxyl groups excluding tert-OH is 1. The number of rotatable bonds is 4. The molecule has 1 heterocycles. The van der Waals surface area contributed by atoms with Crippen LogP contribution in [-0.4, -0.2) is 41.3 Å². The van der Waals surface area contributed by atoms with Gasteiger partial charge in [0.05, 0.1) is 0 Å². The fourth-order valence-corrected chi connectivity index (χ4v) is 4.85. The highest BCUT2D eigenvalue weighted by atomic mass is 32.2. The average Bonchev–Trinajstić information content (AvgIpc) is 2.72. The van der Waals surface area contributed by atoms with Crippen molar-refractivity contribution in [2.24, 2.45) is 17.6 Å². The zero-order valence-corrected chi connectivity index (χ0v) is 11.6. The Balaban J connectivity index is 2.01. The minimum Gasteiger partial charge on any atom is -0.396 e. The molecule has 0 aromatic heterocycles. The van der Waals surface area contributed by atoms with Gasteiger partial charge < -0.3 is 16.2 Å².